The van der Waals surface area contributed by atoms with Crippen LogP contribution < -0.4 is 5.48 Å². The second-order valence-electron chi connectivity index (χ2n) is 5.86. The first-order chi connectivity index (χ1) is 9.24. The number of piperidine rings is 1. The lowest BCUT2D eigenvalue weighted by Crippen LogP contribution is -2.42. The van der Waals surface area contributed by atoms with Crippen molar-refractivity contribution >= 4 is 0 Å². The Labute approximate surface area is 116 Å². The van der Waals surface area contributed by atoms with Gasteiger partial charge in [0.1, 0.15) is 0 Å². The summed E-state index contributed by atoms with van der Waals surface area (Å²) in [4.78, 5) is 8.04. The van der Waals surface area contributed by atoms with Gasteiger partial charge in [0, 0.05) is 25.7 Å². The van der Waals surface area contributed by atoms with E-state index in [-0.39, 0.29) is 0 Å². The lowest BCUT2D eigenvalue weighted by Gasteiger charge is -2.32. The first kappa shape index (κ1) is 14.5. The summed E-state index contributed by atoms with van der Waals surface area (Å²) >= 11 is 0. The highest BCUT2D eigenvalue weighted by Crippen LogP contribution is 2.13. The monoisotopic (exact) mass is 262 g/mol. The maximum atomic E-state index is 5.52. The van der Waals surface area contributed by atoms with Crippen LogP contribution in [0.25, 0.3) is 0 Å². The third kappa shape index (κ3) is 5.31. The minimum atomic E-state index is 0.519. The Bertz CT molecular complexity index is 345. The average Bonchev–Trinajstić information content (AvgIpc) is 2.42. The van der Waals surface area contributed by atoms with E-state index in [1.165, 1.54) is 18.4 Å². The van der Waals surface area contributed by atoms with Crippen molar-refractivity contribution in [3.05, 3.63) is 35.9 Å². The molecule has 0 aromatic heterocycles. The predicted molar refractivity (Wildman–Crippen MR) is 78.7 cm³/mol. The molecule has 2 rings (SSSR count). The predicted octanol–water partition coefficient (Wildman–Crippen LogP) is 2.83. The smallest absolute Gasteiger partial charge is 0.0705 e. The number of nitrogens with zero attached hydrogens (tertiary/aromatic N) is 1. The second-order valence-corrected chi connectivity index (χ2v) is 5.86. The van der Waals surface area contributed by atoms with E-state index in [1.54, 1.807) is 0 Å². The Morgan fingerprint density at radius 1 is 1.21 bits per heavy atom. The summed E-state index contributed by atoms with van der Waals surface area (Å²) in [7, 11) is 0. The van der Waals surface area contributed by atoms with E-state index in [0.717, 1.165) is 26.2 Å². The zero-order chi connectivity index (χ0) is 13.5. The van der Waals surface area contributed by atoms with Gasteiger partial charge >= 0.3 is 0 Å². The third-order valence-corrected chi connectivity index (χ3v) is 3.50. The van der Waals surface area contributed by atoms with Crippen LogP contribution in [0, 0.1) is 5.92 Å². The SMILES string of the molecule is CC(C)CONC1CCN(Cc2ccccc2)CC1. The maximum absolute atomic E-state index is 5.52. The summed E-state index contributed by atoms with van der Waals surface area (Å²) in [5.41, 5.74) is 4.62. The first-order valence-electron chi connectivity index (χ1n) is 7.37. The van der Waals surface area contributed by atoms with Crippen LogP contribution in [0.15, 0.2) is 30.3 Å². The molecule has 0 atom stereocenters. The van der Waals surface area contributed by atoms with Gasteiger partial charge in [0.25, 0.3) is 0 Å². The Kier molecular flexibility index (Phi) is 5.83. The van der Waals surface area contributed by atoms with Crippen LogP contribution >= 0.6 is 0 Å². The summed E-state index contributed by atoms with van der Waals surface area (Å²) in [6.07, 6.45) is 2.34. The van der Waals surface area contributed by atoms with Crippen molar-refractivity contribution in [2.75, 3.05) is 19.7 Å². The van der Waals surface area contributed by atoms with E-state index in [9.17, 15) is 0 Å². The lowest BCUT2D eigenvalue weighted by atomic mass is 10.1. The van der Waals surface area contributed by atoms with Crippen molar-refractivity contribution in [3.63, 3.8) is 0 Å². The molecule has 3 heteroatoms. The molecule has 1 aliphatic heterocycles. The zero-order valence-electron chi connectivity index (χ0n) is 12.1. The highest BCUT2D eigenvalue weighted by Gasteiger charge is 2.19. The van der Waals surface area contributed by atoms with Gasteiger partial charge in [-0.05, 0) is 24.3 Å². The largest absolute Gasteiger partial charge is 0.301 e. The fraction of sp³-hybridized carbons (Fsp3) is 0.625. The van der Waals surface area contributed by atoms with Crippen LogP contribution in [0.1, 0.15) is 32.3 Å². The molecule has 19 heavy (non-hydrogen) atoms. The molecule has 1 aliphatic rings. The number of benzene rings is 1. The summed E-state index contributed by atoms with van der Waals surface area (Å²) < 4.78 is 0. The molecule has 0 spiro atoms. The van der Waals surface area contributed by atoms with Gasteiger partial charge in [-0.2, -0.15) is 5.48 Å². The molecule has 0 radical (unpaired) electrons. The molecule has 0 amide bonds. The van der Waals surface area contributed by atoms with Gasteiger partial charge in [0.2, 0.25) is 0 Å². The topological polar surface area (TPSA) is 24.5 Å². The van der Waals surface area contributed by atoms with Crippen LogP contribution in [-0.2, 0) is 11.4 Å². The van der Waals surface area contributed by atoms with Crippen molar-refractivity contribution in [1.29, 1.82) is 0 Å². The standard InChI is InChI=1S/C16H26N2O/c1-14(2)13-19-17-16-8-10-18(11-9-16)12-15-6-4-3-5-7-15/h3-7,14,16-17H,8-13H2,1-2H3. The van der Waals surface area contributed by atoms with E-state index in [2.05, 4.69) is 54.6 Å². The van der Waals surface area contributed by atoms with Gasteiger partial charge in [-0.25, -0.2) is 0 Å². The number of hydroxylamine groups is 1. The van der Waals surface area contributed by atoms with Crippen LogP contribution in [0.4, 0.5) is 0 Å². The Balaban J connectivity index is 1.65. The summed E-state index contributed by atoms with van der Waals surface area (Å²) in [6, 6.07) is 11.2. The Hall–Kier alpha value is -0.900. The minimum Gasteiger partial charge on any atom is -0.301 e. The van der Waals surface area contributed by atoms with Gasteiger partial charge < -0.3 is 4.84 Å². The number of rotatable bonds is 6. The molecule has 1 aromatic carbocycles. The number of nitrogens with one attached hydrogen (secondary N) is 1. The van der Waals surface area contributed by atoms with Gasteiger partial charge in [0.05, 0.1) is 6.61 Å². The van der Waals surface area contributed by atoms with E-state index in [1.807, 2.05) is 0 Å². The van der Waals surface area contributed by atoms with E-state index < -0.39 is 0 Å². The summed E-state index contributed by atoms with van der Waals surface area (Å²) in [6.45, 7) is 8.51. The van der Waals surface area contributed by atoms with Crippen LogP contribution in [0.3, 0.4) is 0 Å². The highest BCUT2D eigenvalue weighted by atomic mass is 16.6. The number of likely N-dealkylation sites (tertiary alicyclic amines) is 1. The van der Waals surface area contributed by atoms with Gasteiger partial charge in [-0.15, -0.1) is 0 Å². The molecule has 106 valence electrons. The second kappa shape index (κ2) is 7.63. The first-order valence-corrected chi connectivity index (χ1v) is 7.37. The Morgan fingerprint density at radius 2 is 1.89 bits per heavy atom. The fourth-order valence-electron chi connectivity index (χ4n) is 2.38. The van der Waals surface area contributed by atoms with E-state index in [0.29, 0.717) is 12.0 Å². The lowest BCUT2D eigenvalue weighted by molar-refractivity contribution is -0.0140. The molecule has 1 N–H and O–H groups in total. The van der Waals surface area contributed by atoms with Gasteiger partial charge in [-0.1, -0.05) is 44.2 Å². The normalized spacial score (nSPS) is 18.1. The molecule has 0 unspecified atom stereocenters. The maximum Gasteiger partial charge on any atom is 0.0705 e. The quantitative estimate of drug-likeness (QED) is 0.798. The molecule has 1 aromatic rings. The van der Waals surface area contributed by atoms with Gasteiger partial charge in [0.15, 0.2) is 0 Å². The van der Waals surface area contributed by atoms with Crippen molar-refractivity contribution in [2.45, 2.75) is 39.3 Å². The molecule has 3 nitrogen and oxygen atoms in total. The Morgan fingerprint density at radius 3 is 2.53 bits per heavy atom. The van der Waals surface area contributed by atoms with Crippen LogP contribution in [0.5, 0.6) is 0 Å². The molecule has 1 fully saturated rings. The molecular formula is C16H26N2O. The fourth-order valence-corrected chi connectivity index (χ4v) is 2.38. The minimum absolute atomic E-state index is 0.519. The highest BCUT2D eigenvalue weighted by molar-refractivity contribution is 5.14. The molecule has 1 heterocycles. The van der Waals surface area contributed by atoms with E-state index in [4.69, 9.17) is 4.84 Å². The van der Waals surface area contributed by atoms with Crippen molar-refractivity contribution in [2.24, 2.45) is 5.92 Å². The molecule has 0 bridgehead atoms. The van der Waals surface area contributed by atoms with Crippen LogP contribution in [0.2, 0.25) is 0 Å². The van der Waals surface area contributed by atoms with Crippen molar-refractivity contribution in [1.82, 2.24) is 10.4 Å². The number of hydrogen-bond donors (Lipinski definition) is 1. The van der Waals surface area contributed by atoms with Crippen molar-refractivity contribution in [3.8, 4) is 0 Å². The number of hydrogen-bond acceptors (Lipinski definition) is 3. The molecule has 1 saturated heterocycles. The van der Waals surface area contributed by atoms with Crippen molar-refractivity contribution < 1.29 is 4.84 Å². The van der Waals surface area contributed by atoms with E-state index >= 15 is 0 Å². The van der Waals surface area contributed by atoms with Crippen LogP contribution in [-0.4, -0.2) is 30.6 Å². The summed E-state index contributed by atoms with van der Waals surface area (Å²) in [5.74, 6) is 0.589. The molecular weight excluding hydrogens is 236 g/mol. The molecule has 0 saturated carbocycles. The summed E-state index contributed by atoms with van der Waals surface area (Å²) in [5, 5.41) is 0. The third-order valence-electron chi connectivity index (χ3n) is 3.50. The molecule has 0 aliphatic carbocycles. The average molecular weight is 262 g/mol. The zero-order valence-corrected chi connectivity index (χ0v) is 12.1. The van der Waals surface area contributed by atoms with Gasteiger partial charge in [-0.3, -0.25) is 4.90 Å².